The van der Waals surface area contributed by atoms with Crippen LogP contribution in [0.1, 0.15) is 36.9 Å². The molecule has 0 unspecified atom stereocenters. The lowest BCUT2D eigenvalue weighted by atomic mass is 9.91. The molecule has 1 aliphatic carbocycles. The van der Waals surface area contributed by atoms with Gasteiger partial charge in [-0.2, -0.15) is 0 Å². The fourth-order valence-electron chi connectivity index (χ4n) is 3.47. The molecule has 29 heavy (non-hydrogen) atoms. The van der Waals surface area contributed by atoms with Crippen molar-refractivity contribution in [1.82, 2.24) is 25.6 Å². The predicted octanol–water partition coefficient (Wildman–Crippen LogP) is 2.71. The Labute approximate surface area is 173 Å². The zero-order valence-electron chi connectivity index (χ0n) is 15.8. The van der Waals surface area contributed by atoms with Gasteiger partial charge in [0.2, 0.25) is 5.95 Å². The van der Waals surface area contributed by atoms with Gasteiger partial charge >= 0.3 is 0 Å². The van der Waals surface area contributed by atoms with Crippen LogP contribution >= 0.6 is 11.8 Å². The molecule has 0 bridgehead atoms. The first-order valence-electron chi connectivity index (χ1n) is 9.62. The van der Waals surface area contributed by atoms with Gasteiger partial charge in [-0.3, -0.25) is 19.9 Å². The van der Waals surface area contributed by atoms with Crippen molar-refractivity contribution in [2.24, 2.45) is 0 Å². The lowest BCUT2D eigenvalue weighted by Crippen LogP contribution is -2.36. The average Bonchev–Trinajstić information content (AvgIpc) is 3.05. The number of imide groups is 1. The number of hydrogen-bond donors (Lipinski definition) is 3. The van der Waals surface area contributed by atoms with Gasteiger partial charge in [0.15, 0.2) is 0 Å². The van der Waals surface area contributed by atoms with Crippen molar-refractivity contribution in [3.05, 3.63) is 53.0 Å². The maximum atomic E-state index is 11.7. The second-order valence-corrected chi connectivity index (χ2v) is 8.11. The molecular weight excluding hydrogens is 388 g/mol. The van der Waals surface area contributed by atoms with Crippen LogP contribution < -0.4 is 16.0 Å². The van der Waals surface area contributed by atoms with Crippen LogP contribution in [0.2, 0.25) is 0 Å². The average molecular weight is 411 g/mol. The molecule has 0 atom stereocenters. The molecule has 2 aliphatic rings. The number of carbonyl (C=O) groups is 2. The first-order valence-corrected chi connectivity index (χ1v) is 10.4. The number of thioether (sulfide) groups is 1. The predicted molar refractivity (Wildman–Crippen MR) is 112 cm³/mol. The maximum Gasteiger partial charge on any atom is 0.290 e. The highest BCUT2D eigenvalue weighted by Crippen LogP contribution is 2.25. The Morgan fingerprint density at radius 1 is 1.14 bits per heavy atom. The molecule has 0 radical (unpaired) electrons. The van der Waals surface area contributed by atoms with Crippen molar-refractivity contribution in [2.45, 2.75) is 44.3 Å². The molecule has 1 saturated carbocycles. The second-order valence-electron chi connectivity index (χ2n) is 7.09. The number of nitrogens with zero attached hydrogens (tertiary/aromatic N) is 3. The molecule has 3 N–H and O–H groups in total. The Balaban J connectivity index is 1.28. The molecular formula is C20H22N6O2S. The Morgan fingerprint density at radius 2 is 1.97 bits per heavy atom. The summed E-state index contributed by atoms with van der Waals surface area (Å²) in [5, 5.41) is 8.88. The van der Waals surface area contributed by atoms with E-state index in [1.807, 2.05) is 12.3 Å². The molecule has 1 aliphatic heterocycles. The summed E-state index contributed by atoms with van der Waals surface area (Å²) in [6.07, 6.45) is 11.2. The number of anilines is 1. The smallest absolute Gasteiger partial charge is 0.290 e. The molecule has 3 heterocycles. The fourth-order valence-corrected chi connectivity index (χ4v) is 4.13. The van der Waals surface area contributed by atoms with Crippen molar-refractivity contribution in [1.29, 1.82) is 0 Å². The highest BCUT2D eigenvalue weighted by molar-refractivity contribution is 8.18. The molecule has 0 aromatic carbocycles. The van der Waals surface area contributed by atoms with E-state index in [4.69, 9.17) is 0 Å². The van der Waals surface area contributed by atoms with Crippen molar-refractivity contribution < 1.29 is 9.59 Å². The highest BCUT2D eigenvalue weighted by atomic mass is 32.2. The van der Waals surface area contributed by atoms with E-state index in [0.29, 0.717) is 28.6 Å². The van der Waals surface area contributed by atoms with Gasteiger partial charge in [0.25, 0.3) is 11.1 Å². The van der Waals surface area contributed by atoms with Crippen molar-refractivity contribution in [2.75, 3.05) is 5.32 Å². The minimum atomic E-state index is -0.384. The van der Waals surface area contributed by atoms with Gasteiger partial charge < -0.3 is 10.6 Å². The minimum absolute atomic E-state index is 0.320. The Kier molecular flexibility index (Phi) is 6.16. The Hall–Kier alpha value is -2.78. The quantitative estimate of drug-likeness (QED) is 0.624. The van der Waals surface area contributed by atoms with Gasteiger partial charge in [-0.1, -0.05) is 6.07 Å². The molecule has 0 spiro atoms. The summed E-state index contributed by atoms with van der Waals surface area (Å²) in [6.45, 7) is 0.838. The molecule has 2 amide bonds. The maximum absolute atomic E-state index is 11.7. The van der Waals surface area contributed by atoms with Crippen LogP contribution in [0.5, 0.6) is 0 Å². The SMILES string of the molecule is O=C1NC(=O)/C(=C\c2ccnc(NC3CCC(NCc4cccnc4)CC3)n2)S1. The summed E-state index contributed by atoms with van der Waals surface area (Å²) in [7, 11) is 0. The van der Waals surface area contributed by atoms with E-state index >= 15 is 0 Å². The van der Waals surface area contributed by atoms with Gasteiger partial charge in [0, 0.05) is 37.2 Å². The molecule has 2 fully saturated rings. The van der Waals surface area contributed by atoms with Gasteiger partial charge in [0.1, 0.15) is 0 Å². The summed E-state index contributed by atoms with van der Waals surface area (Å²) in [6, 6.07) is 6.57. The summed E-state index contributed by atoms with van der Waals surface area (Å²) >= 11 is 0.883. The van der Waals surface area contributed by atoms with E-state index in [2.05, 4.69) is 37.0 Å². The fraction of sp³-hybridized carbons (Fsp3) is 0.350. The van der Waals surface area contributed by atoms with Crippen LogP contribution in [0, 0.1) is 0 Å². The molecule has 8 nitrogen and oxygen atoms in total. The Morgan fingerprint density at radius 3 is 2.69 bits per heavy atom. The summed E-state index contributed by atoms with van der Waals surface area (Å²) in [5.74, 6) is 0.158. The van der Waals surface area contributed by atoms with Gasteiger partial charge in [-0.05, 0) is 61.2 Å². The Bertz CT molecular complexity index is 912. The minimum Gasteiger partial charge on any atom is -0.351 e. The largest absolute Gasteiger partial charge is 0.351 e. The molecule has 1 saturated heterocycles. The highest BCUT2D eigenvalue weighted by Gasteiger charge is 2.25. The number of pyridine rings is 1. The van der Waals surface area contributed by atoms with E-state index < -0.39 is 0 Å². The lowest BCUT2D eigenvalue weighted by molar-refractivity contribution is -0.115. The number of nitrogens with one attached hydrogen (secondary N) is 3. The zero-order valence-corrected chi connectivity index (χ0v) is 16.6. The number of hydrogen-bond acceptors (Lipinski definition) is 8. The van der Waals surface area contributed by atoms with E-state index in [1.54, 1.807) is 24.5 Å². The number of aromatic nitrogens is 3. The second kappa shape index (κ2) is 9.15. The van der Waals surface area contributed by atoms with Crippen LogP contribution in [0.15, 0.2) is 41.7 Å². The monoisotopic (exact) mass is 410 g/mol. The van der Waals surface area contributed by atoms with Crippen LogP contribution in [-0.2, 0) is 11.3 Å². The lowest BCUT2D eigenvalue weighted by Gasteiger charge is -2.29. The third-order valence-electron chi connectivity index (χ3n) is 4.98. The first-order chi connectivity index (χ1) is 14.2. The van der Waals surface area contributed by atoms with Crippen molar-refractivity contribution >= 4 is 34.9 Å². The normalized spacial score (nSPS) is 23.2. The third kappa shape index (κ3) is 5.39. The molecule has 2 aromatic heterocycles. The summed E-state index contributed by atoms with van der Waals surface area (Å²) < 4.78 is 0. The molecule has 4 rings (SSSR count). The summed E-state index contributed by atoms with van der Waals surface area (Å²) in [5.41, 5.74) is 1.80. The van der Waals surface area contributed by atoms with Crippen LogP contribution in [0.3, 0.4) is 0 Å². The number of amides is 2. The van der Waals surface area contributed by atoms with E-state index in [0.717, 1.165) is 44.0 Å². The molecule has 150 valence electrons. The number of carbonyl (C=O) groups excluding carboxylic acids is 2. The number of rotatable bonds is 6. The van der Waals surface area contributed by atoms with Crippen LogP contribution in [0.25, 0.3) is 6.08 Å². The standard InChI is InChI=1S/C20H22N6O2S/c27-18-17(29-20(28)26-18)10-16-7-9-22-19(25-16)24-15-5-3-14(4-6-15)23-12-13-2-1-8-21-11-13/h1-2,7-11,14-15,23H,3-6,12H2,(H,22,24,25)(H,26,27,28)/b17-10+. The zero-order chi connectivity index (χ0) is 20.1. The van der Waals surface area contributed by atoms with Crippen LogP contribution in [-0.4, -0.2) is 38.2 Å². The first kappa shape index (κ1) is 19.5. The van der Waals surface area contributed by atoms with E-state index in [1.165, 1.54) is 5.56 Å². The van der Waals surface area contributed by atoms with Gasteiger partial charge in [-0.25, -0.2) is 9.97 Å². The van der Waals surface area contributed by atoms with E-state index in [9.17, 15) is 9.59 Å². The van der Waals surface area contributed by atoms with Gasteiger partial charge in [-0.15, -0.1) is 0 Å². The third-order valence-corrected chi connectivity index (χ3v) is 5.79. The van der Waals surface area contributed by atoms with Crippen molar-refractivity contribution in [3.8, 4) is 0 Å². The topological polar surface area (TPSA) is 109 Å². The molecule has 9 heteroatoms. The van der Waals surface area contributed by atoms with Crippen LogP contribution in [0.4, 0.5) is 10.7 Å². The van der Waals surface area contributed by atoms with Gasteiger partial charge in [0.05, 0.1) is 10.6 Å². The van der Waals surface area contributed by atoms with E-state index in [-0.39, 0.29) is 11.1 Å². The summed E-state index contributed by atoms with van der Waals surface area (Å²) in [4.78, 5) is 36.2. The van der Waals surface area contributed by atoms with Crippen molar-refractivity contribution in [3.63, 3.8) is 0 Å². The molecule has 2 aromatic rings.